The number of carbonyl (C=O) groups is 2. The van der Waals surface area contributed by atoms with Gasteiger partial charge in [-0.15, -0.1) is 0 Å². The smallest absolute Gasteiger partial charge is 0.303 e. The van der Waals surface area contributed by atoms with Crippen molar-refractivity contribution in [3.05, 3.63) is 0 Å². The second kappa shape index (κ2) is 5.78. The van der Waals surface area contributed by atoms with Crippen LogP contribution >= 0.6 is 0 Å². The minimum atomic E-state index is -0.786. The molecule has 0 heterocycles. The molecular weight excluding hydrogens is 292 g/mol. The zero-order valence-corrected chi connectivity index (χ0v) is 14.4. The average Bonchev–Trinajstić information content (AvgIpc) is 2.82. The molecule has 0 amide bonds. The summed E-state index contributed by atoms with van der Waals surface area (Å²) in [6.45, 7) is 4.50. The van der Waals surface area contributed by atoms with E-state index in [1.807, 2.05) is 0 Å². The average molecular weight is 322 g/mol. The molecule has 3 fully saturated rings. The normalized spacial score (nSPS) is 46.0. The fourth-order valence-electron chi connectivity index (χ4n) is 6.68. The van der Waals surface area contributed by atoms with Crippen LogP contribution in [0.4, 0.5) is 0 Å². The number of carboxylic acids is 2. The molecule has 0 spiro atoms. The van der Waals surface area contributed by atoms with Crippen molar-refractivity contribution in [3.63, 3.8) is 0 Å². The van der Waals surface area contributed by atoms with Gasteiger partial charge >= 0.3 is 11.9 Å². The molecule has 0 aromatic heterocycles. The number of aliphatic carboxylic acids is 2. The Hall–Kier alpha value is -1.06. The first-order valence-electron chi connectivity index (χ1n) is 9.20. The van der Waals surface area contributed by atoms with Gasteiger partial charge in [0.15, 0.2) is 0 Å². The first-order valence-corrected chi connectivity index (χ1v) is 9.20. The van der Waals surface area contributed by atoms with Gasteiger partial charge < -0.3 is 10.2 Å². The predicted molar refractivity (Wildman–Crippen MR) is 87.0 cm³/mol. The molecule has 4 heteroatoms. The molecule has 3 saturated carbocycles. The summed E-state index contributed by atoms with van der Waals surface area (Å²) in [4.78, 5) is 22.8. The maximum absolute atomic E-state index is 11.5. The zero-order valence-electron chi connectivity index (χ0n) is 14.4. The highest BCUT2D eigenvalue weighted by atomic mass is 16.4. The van der Waals surface area contributed by atoms with E-state index in [-0.39, 0.29) is 24.2 Å². The fourth-order valence-corrected chi connectivity index (χ4v) is 6.68. The number of carboxylic acid groups (broad SMARTS) is 2. The van der Waals surface area contributed by atoms with E-state index >= 15 is 0 Å². The molecule has 0 aliphatic heterocycles. The highest BCUT2D eigenvalue weighted by Gasteiger charge is 2.57. The van der Waals surface area contributed by atoms with Gasteiger partial charge in [-0.25, -0.2) is 0 Å². The molecule has 3 aliphatic rings. The molecule has 0 radical (unpaired) electrons. The monoisotopic (exact) mass is 322 g/mol. The van der Waals surface area contributed by atoms with Crippen molar-refractivity contribution in [2.45, 2.75) is 71.6 Å². The van der Waals surface area contributed by atoms with Gasteiger partial charge in [0.2, 0.25) is 0 Å². The highest BCUT2D eigenvalue weighted by Crippen LogP contribution is 2.64. The van der Waals surface area contributed by atoms with Gasteiger partial charge in [0.05, 0.1) is 6.42 Å². The number of hydrogen-bond acceptors (Lipinski definition) is 2. The maximum Gasteiger partial charge on any atom is 0.303 e. The molecule has 4 nitrogen and oxygen atoms in total. The number of rotatable bonds is 4. The summed E-state index contributed by atoms with van der Waals surface area (Å²) in [7, 11) is 0. The second-order valence-electron chi connectivity index (χ2n) is 8.91. The summed E-state index contributed by atoms with van der Waals surface area (Å²) >= 11 is 0. The standard InChI is InChI=1S/C19H30O4/c1-18-8-3-4-14(18)13-6-5-12(10-16(20)21)19(2,11-17(22)23)15(13)7-9-18/h12-15H,3-11H2,1-2H3,(H,20,21)(H,22,23)/t12-,13+,14-,15-,18-,19-/m1/s1. The Morgan fingerprint density at radius 2 is 1.70 bits per heavy atom. The lowest BCUT2D eigenvalue weighted by Crippen LogP contribution is -2.52. The Labute approximate surface area is 138 Å². The van der Waals surface area contributed by atoms with E-state index in [1.54, 1.807) is 0 Å². The Morgan fingerprint density at radius 3 is 2.35 bits per heavy atom. The molecule has 0 aromatic rings. The summed E-state index contributed by atoms with van der Waals surface area (Å²) < 4.78 is 0. The van der Waals surface area contributed by atoms with Gasteiger partial charge in [0, 0.05) is 6.42 Å². The van der Waals surface area contributed by atoms with Gasteiger partial charge in [0.25, 0.3) is 0 Å². The quantitative estimate of drug-likeness (QED) is 0.814. The molecule has 0 aromatic carbocycles. The predicted octanol–water partition coefficient (Wildman–Crippen LogP) is 4.18. The van der Waals surface area contributed by atoms with E-state index in [2.05, 4.69) is 13.8 Å². The molecular formula is C19H30O4. The van der Waals surface area contributed by atoms with Crippen LogP contribution in [0.5, 0.6) is 0 Å². The third-order valence-corrected chi connectivity index (χ3v) is 7.80. The van der Waals surface area contributed by atoms with Gasteiger partial charge in [-0.2, -0.15) is 0 Å². The van der Waals surface area contributed by atoms with Crippen molar-refractivity contribution >= 4 is 11.9 Å². The molecule has 0 unspecified atom stereocenters. The van der Waals surface area contributed by atoms with Crippen LogP contribution in [-0.2, 0) is 9.59 Å². The molecule has 23 heavy (non-hydrogen) atoms. The second-order valence-corrected chi connectivity index (χ2v) is 8.91. The van der Waals surface area contributed by atoms with Gasteiger partial charge in [-0.1, -0.05) is 20.3 Å². The largest absolute Gasteiger partial charge is 0.481 e. The van der Waals surface area contributed by atoms with Crippen molar-refractivity contribution in [3.8, 4) is 0 Å². The van der Waals surface area contributed by atoms with Crippen LogP contribution in [0, 0.1) is 34.5 Å². The van der Waals surface area contributed by atoms with Gasteiger partial charge in [-0.3, -0.25) is 9.59 Å². The lowest BCUT2D eigenvalue weighted by molar-refractivity contribution is -0.154. The van der Waals surface area contributed by atoms with E-state index < -0.39 is 11.9 Å². The van der Waals surface area contributed by atoms with Crippen LogP contribution in [0.3, 0.4) is 0 Å². The van der Waals surface area contributed by atoms with E-state index in [0.717, 1.165) is 25.2 Å². The molecule has 0 saturated heterocycles. The highest BCUT2D eigenvalue weighted by molar-refractivity contribution is 5.69. The molecule has 2 N–H and O–H groups in total. The zero-order chi connectivity index (χ0) is 16.8. The van der Waals surface area contributed by atoms with E-state index in [0.29, 0.717) is 17.3 Å². The third-order valence-electron chi connectivity index (χ3n) is 7.80. The van der Waals surface area contributed by atoms with Crippen molar-refractivity contribution in [2.24, 2.45) is 34.5 Å². The summed E-state index contributed by atoms with van der Waals surface area (Å²) in [5, 5.41) is 18.7. The van der Waals surface area contributed by atoms with Gasteiger partial charge in [0.1, 0.15) is 0 Å². The van der Waals surface area contributed by atoms with Crippen LogP contribution in [-0.4, -0.2) is 22.2 Å². The van der Waals surface area contributed by atoms with Crippen LogP contribution in [0.15, 0.2) is 0 Å². The Kier molecular flexibility index (Phi) is 4.22. The van der Waals surface area contributed by atoms with E-state index in [1.165, 1.54) is 25.7 Å². The van der Waals surface area contributed by atoms with Crippen LogP contribution in [0.1, 0.15) is 71.6 Å². The SMILES string of the molecule is C[C@]12CCC[C@@H]1[C@@H]1CC[C@H](CC(=O)O)[C@@](C)(CC(=O)O)[C@@H]1CC2. The summed E-state index contributed by atoms with van der Waals surface area (Å²) in [5.74, 6) is 0.150. The first-order chi connectivity index (χ1) is 10.8. The van der Waals surface area contributed by atoms with Gasteiger partial charge in [-0.05, 0) is 73.0 Å². The summed E-state index contributed by atoms with van der Waals surface area (Å²) in [6.07, 6.45) is 8.38. The molecule has 3 rings (SSSR count). The Balaban J connectivity index is 1.90. The number of fused-ring (bicyclic) bond motifs is 3. The molecule has 130 valence electrons. The lowest BCUT2D eigenvalue weighted by Gasteiger charge is -2.58. The van der Waals surface area contributed by atoms with Crippen LogP contribution in [0.2, 0.25) is 0 Å². The van der Waals surface area contributed by atoms with Crippen molar-refractivity contribution < 1.29 is 19.8 Å². The maximum atomic E-state index is 11.5. The van der Waals surface area contributed by atoms with Crippen LogP contribution < -0.4 is 0 Å². The van der Waals surface area contributed by atoms with E-state index in [9.17, 15) is 19.8 Å². The first kappa shape index (κ1) is 16.8. The third kappa shape index (κ3) is 2.78. The minimum absolute atomic E-state index is 0.00288. The van der Waals surface area contributed by atoms with Crippen molar-refractivity contribution in [2.75, 3.05) is 0 Å². The Morgan fingerprint density at radius 1 is 0.957 bits per heavy atom. The molecule has 3 aliphatic carbocycles. The molecule has 0 bridgehead atoms. The Bertz CT molecular complexity index is 502. The number of hydrogen-bond donors (Lipinski definition) is 2. The topological polar surface area (TPSA) is 74.6 Å². The molecule has 6 atom stereocenters. The lowest BCUT2D eigenvalue weighted by atomic mass is 9.47. The summed E-state index contributed by atoms with van der Waals surface area (Å²) in [6, 6.07) is 0. The van der Waals surface area contributed by atoms with Crippen molar-refractivity contribution in [1.82, 2.24) is 0 Å². The fraction of sp³-hybridized carbons (Fsp3) is 0.895. The van der Waals surface area contributed by atoms with E-state index in [4.69, 9.17) is 0 Å². The van der Waals surface area contributed by atoms with Crippen molar-refractivity contribution in [1.29, 1.82) is 0 Å². The minimum Gasteiger partial charge on any atom is -0.481 e. The summed E-state index contributed by atoms with van der Waals surface area (Å²) in [5.41, 5.74) is 0.0853. The van der Waals surface area contributed by atoms with Crippen LogP contribution in [0.25, 0.3) is 0 Å².